The van der Waals surface area contributed by atoms with Gasteiger partial charge in [-0.15, -0.1) is 12.6 Å². The number of rotatable bonds is 2. The summed E-state index contributed by atoms with van der Waals surface area (Å²) in [6, 6.07) is 4.33. The van der Waals surface area contributed by atoms with Gasteiger partial charge in [0.1, 0.15) is 11.2 Å². The minimum absolute atomic E-state index is 0.0857. The molecule has 0 fully saturated rings. The first-order chi connectivity index (χ1) is 7.72. The average molecular weight is 255 g/mol. The standard InChI is InChI=1S/C11H13NO4S/c1-11(2,3)16-10(13)7-5-4-6-8(17)9(7)12(14)15/h4-6,17H,1-3H3. The molecule has 0 spiro atoms. The van der Waals surface area contributed by atoms with E-state index in [9.17, 15) is 14.9 Å². The van der Waals surface area contributed by atoms with Crippen molar-refractivity contribution >= 4 is 24.3 Å². The maximum absolute atomic E-state index is 11.8. The number of hydrogen-bond acceptors (Lipinski definition) is 5. The van der Waals surface area contributed by atoms with Gasteiger partial charge in [0.15, 0.2) is 0 Å². The normalized spacial score (nSPS) is 11.1. The van der Waals surface area contributed by atoms with E-state index in [1.165, 1.54) is 18.2 Å². The summed E-state index contributed by atoms with van der Waals surface area (Å²) in [6.45, 7) is 5.09. The lowest BCUT2D eigenvalue weighted by Crippen LogP contribution is -2.24. The highest BCUT2D eigenvalue weighted by Gasteiger charge is 2.27. The van der Waals surface area contributed by atoms with Crippen LogP contribution in [-0.4, -0.2) is 16.5 Å². The number of nitro benzene ring substituents is 1. The van der Waals surface area contributed by atoms with Crippen molar-refractivity contribution in [3.63, 3.8) is 0 Å². The number of nitro groups is 1. The Kier molecular flexibility index (Phi) is 3.77. The molecule has 0 atom stereocenters. The topological polar surface area (TPSA) is 69.4 Å². The third-order valence-electron chi connectivity index (χ3n) is 1.82. The number of para-hydroxylation sites is 1. The van der Waals surface area contributed by atoms with E-state index in [1.54, 1.807) is 20.8 Å². The fraction of sp³-hybridized carbons (Fsp3) is 0.364. The molecule has 1 aromatic rings. The van der Waals surface area contributed by atoms with Gasteiger partial charge < -0.3 is 4.74 Å². The second-order valence-electron chi connectivity index (χ2n) is 4.43. The van der Waals surface area contributed by atoms with Crippen LogP contribution in [-0.2, 0) is 4.74 Å². The number of hydrogen-bond donors (Lipinski definition) is 1. The van der Waals surface area contributed by atoms with Crippen molar-refractivity contribution in [3.05, 3.63) is 33.9 Å². The van der Waals surface area contributed by atoms with Gasteiger partial charge in [0.25, 0.3) is 5.69 Å². The minimum Gasteiger partial charge on any atom is -0.456 e. The first-order valence-corrected chi connectivity index (χ1v) is 5.37. The molecule has 0 aliphatic carbocycles. The molecule has 0 saturated carbocycles. The second kappa shape index (κ2) is 4.75. The minimum atomic E-state index is -0.722. The molecule has 0 aliphatic heterocycles. The van der Waals surface area contributed by atoms with Gasteiger partial charge in [0.2, 0.25) is 0 Å². The summed E-state index contributed by atoms with van der Waals surface area (Å²) >= 11 is 3.96. The van der Waals surface area contributed by atoms with Crippen molar-refractivity contribution < 1.29 is 14.5 Å². The van der Waals surface area contributed by atoms with Crippen LogP contribution in [0.3, 0.4) is 0 Å². The Morgan fingerprint density at radius 2 is 2.00 bits per heavy atom. The molecule has 0 heterocycles. The zero-order valence-electron chi connectivity index (χ0n) is 9.76. The molecule has 5 nitrogen and oxygen atoms in total. The van der Waals surface area contributed by atoms with Crippen LogP contribution in [0.25, 0.3) is 0 Å². The van der Waals surface area contributed by atoms with E-state index in [2.05, 4.69) is 12.6 Å². The van der Waals surface area contributed by atoms with E-state index in [1.807, 2.05) is 0 Å². The van der Waals surface area contributed by atoms with Crippen LogP contribution in [0.5, 0.6) is 0 Å². The molecule has 0 amide bonds. The number of esters is 1. The Morgan fingerprint density at radius 1 is 1.41 bits per heavy atom. The van der Waals surface area contributed by atoms with Crippen molar-refractivity contribution in [1.29, 1.82) is 0 Å². The van der Waals surface area contributed by atoms with Gasteiger partial charge in [-0.3, -0.25) is 10.1 Å². The molecule has 0 N–H and O–H groups in total. The lowest BCUT2D eigenvalue weighted by Gasteiger charge is -2.19. The van der Waals surface area contributed by atoms with Crippen molar-refractivity contribution in [2.24, 2.45) is 0 Å². The Balaban J connectivity index is 3.19. The van der Waals surface area contributed by atoms with Gasteiger partial charge >= 0.3 is 5.97 Å². The summed E-state index contributed by atoms with van der Waals surface area (Å²) in [5.41, 5.74) is -1.11. The lowest BCUT2D eigenvalue weighted by atomic mass is 10.1. The van der Waals surface area contributed by atoms with E-state index in [0.717, 1.165) is 0 Å². The molecule has 0 saturated heterocycles. The van der Waals surface area contributed by atoms with Crippen LogP contribution >= 0.6 is 12.6 Å². The fourth-order valence-corrected chi connectivity index (χ4v) is 1.51. The molecule has 1 aromatic carbocycles. The molecule has 0 bridgehead atoms. The van der Waals surface area contributed by atoms with Crippen LogP contribution < -0.4 is 0 Å². The van der Waals surface area contributed by atoms with E-state index in [0.29, 0.717) is 0 Å². The molecule has 0 aromatic heterocycles. The van der Waals surface area contributed by atoms with Gasteiger partial charge in [0, 0.05) is 0 Å². The monoisotopic (exact) mass is 255 g/mol. The van der Waals surface area contributed by atoms with Crippen molar-refractivity contribution in [2.45, 2.75) is 31.3 Å². The third kappa shape index (κ3) is 3.45. The highest BCUT2D eigenvalue weighted by molar-refractivity contribution is 7.80. The molecular formula is C11H13NO4S. The van der Waals surface area contributed by atoms with E-state index >= 15 is 0 Å². The highest BCUT2D eigenvalue weighted by atomic mass is 32.1. The van der Waals surface area contributed by atoms with Gasteiger partial charge in [-0.05, 0) is 32.9 Å². The number of thiol groups is 1. The molecule has 17 heavy (non-hydrogen) atoms. The Morgan fingerprint density at radius 3 is 2.47 bits per heavy atom. The summed E-state index contributed by atoms with van der Waals surface area (Å²) in [5.74, 6) is -0.722. The first-order valence-electron chi connectivity index (χ1n) is 4.92. The first kappa shape index (κ1) is 13.5. The van der Waals surface area contributed by atoms with Crippen molar-refractivity contribution in [1.82, 2.24) is 0 Å². The van der Waals surface area contributed by atoms with Crippen molar-refractivity contribution in [3.8, 4) is 0 Å². The van der Waals surface area contributed by atoms with E-state index < -0.39 is 16.5 Å². The second-order valence-corrected chi connectivity index (χ2v) is 4.91. The number of ether oxygens (including phenoxy) is 1. The maximum Gasteiger partial charge on any atom is 0.345 e. The number of benzene rings is 1. The van der Waals surface area contributed by atoms with E-state index in [-0.39, 0.29) is 16.1 Å². The van der Waals surface area contributed by atoms with Crippen LogP contribution in [0.2, 0.25) is 0 Å². The molecule has 6 heteroatoms. The average Bonchev–Trinajstić information content (AvgIpc) is 2.13. The van der Waals surface area contributed by atoms with Crippen LogP contribution in [0, 0.1) is 10.1 Å². The summed E-state index contributed by atoms with van der Waals surface area (Å²) in [5, 5.41) is 10.9. The number of nitrogens with zero attached hydrogens (tertiary/aromatic N) is 1. The predicted molar refractivity (Wildman–Crippen MR) is 65.5 cm³/mol. The summed E-state index contributed by atoms with van der Waals surface area (Å²) < 4.78 is 5.09. The fourth-order valence-electron chi connectivity index (χ4n) is 1.22. The highest BCUT2D eigenvalue weighted by Crippen LogP contribution is 2.28. The lowest BCUT2D eigenvalue weighted by molar-refractivity contribution is -0.388. The predicted octanol–water partition coefficient (Wildman–Crippen LogP) is 2.84. The van der Waals surface area contributed by atoms with Gasteiger partial charge in [0.05, 0.1) is 9.82 Å². The quantitative estimate of drug-likeness (QED) is 0.382. The Hall–Kier alpha value is -1.56. The molecule has 0 radical (unpaired) electrons. The Labute approximate surface area is 104 Å². The summed E-state index contributed by atoms with van der Waals surface area (Å²) in [7, 11) is 0. The van der Waals surface area contributed by atoms with Gasteiger partial charge in [-0.1, -0.05) is 6.07 Å². The zero-order chi connectivity index (χ0) is 13.2. The van der Waals surface area contributed by atoms with Crippen LogP contribution in [0.1, 0.15) is 31.1 Å². The molecular weight excluding hydrogens is 242 g/mol. The van der Waals surface area contributed by atoms with Crippen molar-refractivity contribution in [2.75, 3.05) is 0 Å². The number of carbonyl (C=O) groups is 1. The molecule has 0 unspecified atom stereocenters. The third-order valence-corrected chi connectivity index (χ3v) is 2.18. The van der Waals surface area contributed by atoms with Gasteiger partial charge in [-0.25, -0.2) is 4.79 Å². The Bertz CT molecular complexity index is 465. The van der Waals surface area contributed by atoms with E-state index in [4.69, 9.17) is 4.74 Å². The van der Waals surface area contributed by atoms with Crippen LogP contribution in [0.15, 0.2) is 23.1 Å². The number of carbonyl (C=O) groups excluding carboxylic acids is 1. The maximum atomic E-state index is 11.8. The van der Waals surface area contributed by atoms with Crippen LogP contribution in [0.4, 0.5) is 5.69 Å². The summed E-state index contributed by atoms with van der Waals surface area (Å²) in [4.78, 5) is 22.1. The molecule has 1 rings (SSSR count). The molecule has 0 aliphatic rings. The largest absolute Gasteiger partial charge is 0.456 e. The molecule has 92 valence electrons. The zero-order valence-corrected chi connectivity index (χ0v) is 10.7. The van der Waals surface area contributed by atoms with Gasteiger partial charge in [-0.2, -0.15) is 0 Å². The summed E-state index contributed by atoms with van der Waals surface area (Å²) in [6.07, 6.45) is 0. The SMILES string of the molecule is CC(C)(C)OC(=O)c1cccc(S)c1[N+](=O)[O-]. The smallest absolute Gasteiger partial charge is 0.345 e.